The Labute approximate surface area is 167 Å². The number of aryl methyl sites for hydroxylation is 1. The zero-order valence-electron chi connectivity index (χ0n) is 16.2. The van der Waals surface area contributed by atoms with Gasteiger partial charge in [0.1, 0.15) is 0 Å². The highest BCUT2D eigenvalue weighted by Crippen LogP contribution is 2.11. The average Bonchev–Trinajstić information content (AvgIpc) is 3.26. The maximum atomic E-state index is 13.1. The number of benzene rings is 2. The maximum Gasteiger partial charge on any atom is 0.352 e. The van der Waals surface area contributed by atoms with E-state index in [0.29, 0.717) is 18.8 Å². The summed E-state index contributed by atoms with van der Waals surface area (Å²) in [7, 11) is 0. The molecule has 0 saturated carbocycles. The highest BCUT2D eigenvalue weighted by molar-refractivity contribution is 5.92. The van der Waals surface area contributed by atoms with Crippen molar-refractivity contribution in [2.24, 2.45) is 0 Å². The second kappa shape index (κ2) is 7.87. The Morgan fingerprint density at radius 3 is 2.41 bits per heavy atom. The summed E-state index contributed by atoms with van der Waals surface area (Å²) < 4.78 is 2.24. The van der Waals surface area contributed by atoms with E-state index in [1.165, 1.54) is 0 Å². The molecule has 1 aliphatic rings. The van der Waals surface area contributed by atoms with Gasteiger partial charge in [-0.3, -0.25) is 14.2 Å². The molecule has 1 saturated heterocycles. The molecule has 2 aromatic carbocycles. The Hall–Kier alpha value is -3.48. The van der Waals surface area contributed by atoms with Gasteiger partial charge in [-0.15, -0.1) is 0 Å². The maximum absolute atomic E-state index is 13.1. The van der Waals surface area contributed by atoms with E-state index >= 15 is 0 Å². The van der Waals surface area contributed by atoms with Crippen molar-refractivity contribution in [2.75, 3.05) is 13.1 Å². The summed E-state index contributed by atoms with van der Waals surface area (Å²) in [6.45, 7) is 3.18. The molecular formula is C22H22N4O3. The Kier molecular flexibility index (Phi) is 5.12. The van der Waals surface area contributed by atoms with E-state index < -0.39 is 17.2 Å². The number of rotatable bonds is 4. The number of hydrogen-bond donors (Lipinski definition) is 0. The van der Waals surface area contributed by atoms with Gasteiger partial charge in [0.2, 0.25) is 5.69 Å². The van der Waals surface area contributed by atoms with Crippen LogP contribution in [0.5, 0.6) is 0 Å². The quantitative estimate of drug-likeness (QED) is 0.683. The SMILES string of the molecule is Cc1cccc(-n2nc(C(=O)N3CCCC3)c(=O)n(Cc3ccccc3)c2=O)c1. The third-order valence-corrected chi connectivity index (χ3v) is 5.09. The lowest BCUT2D eigenvalue weighted by Crippen LogP contribution is -2.46. The minimum Gasteiger partial charge on any atom is -0.337 e. The molecule has 1 aliphatic heterocycles. The lowest BCUT2D eigenvalue weighted by molar-refractivity contribution is 0.0781. The zero-order valence-corrected chi connectivity index (χ0v) is 16.2. The molecule has 2 heterocycles. The van der Waals surface area contributed by atoms with Crippen LogP contribution in [0.1, 0.15) is 34.5 Å². The molecule has 0 atom stereocenters. The van der Waals surface area contributed by atoms with Crippen LogP contribution in [-0.2, 0) is 6.54 Å². The molecule has 7 nitrogen and oxygen atoms in total. The second-order valence-electron chi connectivity index (χ2n) is 7.26. The first kappa shape index (κ1) is 18.9. The van der Waals surface area contributed by atoms with Crippen molar-refractivity contribution in [1.29, 1.82) is 0 Å². The van der Waals surface area contributed by atoms with E-state index in [0.717, 1.165) is 33.2 Å². The molecule has 3 aromatic rings. The van der Waals surface area contributed by atoms with Crippen molar-refractivity contribution >= 4 is 5.91 Å². The molecule has 29 heavy (non-hydrogen) atoms. The fourth-order valence-corrected chi connectivity index (χ4v) is 3.55. The number of carbonyl (C=O) groups excluding carboxylic acids is 1. The molecular weight excluding hydrogens is 368 g/mol. The Bertz CT molecular complexity index is 1160. The van der Waals surface area contributed by atoms with Gasteiger partial charge in [0.15, 0.2) is 0 Å². The third kappa shape index (κ3) is 3.76. The fraction of sp³-hybridized carbons (Fsp3) is 0.273. The van der Waals surface area contributed by atoms with Crippen LogP contribution in [0.25, 0.3) is 5.69 Å². The van der Waals surface area contributed by atoms with Crippen LogP contribution in [0.4, 0.5) is 0 Å². The molecule has 0 N–H and O–H groups in total. The van der Waals surface area contributed by atoms with E-state index in [1.807, 2.05) is 49.4 Å². The van der Waals surface area contributed by atoms with E-state index in [2.05, 4.69) is 5.10 Å². The van der Waals surface area contributed by atoms with Gasteiger partial charge in [-0.25, -0.2) is 4.79 Å². The molecule has 7 heteroatoms. The van der Waals surface area contributed by atoms with Crippen molar-refractivity contribution in [1.82, 2.24) is 19.2 Å². The summed E-state index contributed by atoms with van der Waals surface area (Å²) >= 11 is 0. The highest BCUT2D eigenvalue weighted by Gasteiger charge is 2.26. The minimum absolute atomic E-state index is 0.0765. The summed E-state index contributed by atoms with van der Waals surface area (Å²) in [6, 6.07) is 16.5. The van der Waals surface area contributed by atoms with Crippen molar-refractivity contribution in [3.63, 3.8) is 0 Å². The monoisotopic (exact) mass is 390 g/mol. The van der Waals surface area contributed by atoms with Gasteiger partial charge in [0.25, 0.3) is 11.5 Å². The molecule has 0 aliphatic carbocycles. The van der Waals surface area contributed by atoms with Crippen LogP contribution < -0.4 is 11.2 Å². The van der Waals surface area contributed by atoms with Gasteiger partial charge >= 0.3 is 5.69 Å². The summed E-state index contributed by atoms with van der Waals surface area (Å²) in [5.74, 6) is -0.421. The number of likely N-dealkylation sites (tertiary alicyclic amines) is 1. The van der Waals surface area contributed by atoms with E-state index in [4.69, 9.17) is 0 Å². The fourth-order valence-electron chi connectivity index (χ4n) is 3.55. The summed E-state index contributed by atoms with van der Waals surface area (Å²) in [5.41, 5.74) is 0.830. The predicted molar refractivity (Wildman–Crippen MR) is 110 cm³/mol. The third-order valence-electron chi connectivity index (χ3n) is 5.09. The van der Waals surface area contributed by atoms with Gasteiger partial charge in [0, 0.05) is 13.1 Å². The highest BCUT2D eigenvalue weighted by atomic mass is 16.2. The van der Waals surface area contributed by atoms with E-state index in [9.17, 15) is 14.4 Å². The molecule has 0 spiro atoms. The summed E-state index contributed by atoms with van der Waals surface area (Å²) in [5, 5.41) is 4.21. The van der Waals surface area contributed by atoms with Gasteiger partial charge in [0.05, 0.1) is 12.2 Å². The van der Waals surface area contributed by atoms with Crippen LogP contribution in [0.3, 0.4) is 0 Å². The zero-order chi connectivity index (χ0) is 20.4. The molecule has 0 radical (unpaired) electrons. The first-order chi connectivity index (χ1) is 14.0. The van der Waals surface area contributed by atoms with E-state index in [-0.39, 0.29) is 12.2 Å². The topological polar surface area (TPSA) is 77.2 Å². The van der Waals surface area contributed by atoms with Crippen molar-refractivity contribution in [2.45, 2.75) is 26.3 Å². The van der Waals surface area contributed by atoms with Crippen molar-refractivity contribution in [3.8, 4) is 5.69 Å². The lowest BCUT2D eigenvalue weighted by atomic mass is 10.2. The smallest absolute Gasteiger partial charge is 0.337 e. The largest absolute Gasteiger partial charge is 0.352 e. The number of carbonyl (C=O) groups is 1. The number of nitrogens with zero attached hydrogens (tertiary/aromatic N) is 4. The Morgan fingerprint density at radius 2 is 1.72 bits per heavy atom. The molecule has 148 valence electrons. The van der Waals surface area contributed by atoms with Gasteiger partial charge in [-0.1, -0.05) is 42.5 Å². The standard InChI is InChI=1S/C22H22N4O3/c1-16-8-7-11-18(14-16)26-22(29)25(15-17-9-3-2-4-10-17)21(28)19(23-26)20(27)24-12-5-6-13-24/h2-4,7-11,14H,5-6,12-13,15H2,1H3. The summed E-state index contributed by atoms with van der Waals surface area (Å²) in [6.07, 6.45) is 1.81. The first-order valence-corrected chi connectivity index (χ1v) is 9.69. The van der Waals surface area contributed by atoms with Crippen LogP contribution in [0.2, 0.25) is 0 Å². The minimum atomic E-state index is -0.653. The van der Waals surface area contributed by atoms with Crippen LogP contribution in [-0.4, -0.2) is 38.2 Å². The molecule has 1 fully saturated rings. The Morgan fingerprint density at radius 1 is 1.00 bits per heavy atom. The van der Waals surface area contributed by atoms with Crippen LogP contribution in [0, 0.1) is 6.92 Å². The Balaban J connectivity index is 1.90. The van der Waals surface area contributed by atoms with E-state index in [1.54, 1.807) is 17.0 Å². The van der Waals surface area contributed by atoms with Crippen LogP contribution in [0.15, 0.2) is 64.2 Å². The number of amides is 1. The van der Waals surface area contributed by atoms with Crippen LogP contribution >= 0.6 is 0 Å². The van der Waals surface area contributed by atoms with Gasteiger partial charge in [-0.2, -0.15) is 9.78 Å². The molecule has 4 rings (SSSR count). The van der Waals surface area contributed by atoms with Gasteiger partial charge in [-0.05, 0) is 43.0 Å². The molecule has 0 bridgehead atoms. The summed E-state index contributed by atoms with van der Waals surface area (Å²) in [4.78, 5) is 40.8. The molecule has 1 aromatic heterocycles. The lowest BCUT2D eigenvalue weighted by Gasteiger charge is -2.16. The first-order valence-electron chi connectivity index (χ1n) is 9.69. The normalized spacial score (nSPS) is 13.6. The van der Waals surface area contributed by atoms with Crippen molar-refractivity contribution < 1.29 is 4.79 Å². The molecule has 0 unspecified atom stereocenters. The number of aromatic nitrogens is 3. The predicted octanol–water partition coefficient (Wildman–Crippen LogP) is 1.99. The molecule has 1 amide bonds. The number of hydrogen-bond acceptors (Lipinski definition) is 4. The van der Waals surface area contributed by atoms with Gasteiger partial charge < -0.3 is 4.90 Å². The average molecular weight is 390 g/mol. The van der Waals surface area contributed by atoms with Crippen molar-refractivity contribution in [3.05, 3.63) is 92.3 Å². The second-order valence-corrected chi connectivity index (χ2v) is 7.26.